The zero-order chi connectivity index (χ0) is 26.0. The van der Waals surface area contributed by atoms with Gasteiger partial charge in [-0.3, -0.25) is 14.5 Å². The van der Waals surface area contributed by atoms with Gasteiger partial charge in [0.25, 0.3) is 11.7 Å². The van der Waals surface area contributed by atoms with E-state index in [0.717, 1.165) is 16.8 Å². The van der Waals surface area contributed by atoms with Gasteiger partial charge < -0.3 is 14.7 Å². The summed E-state index contributed by atoms with van der Waals surface area (Å²) in [6.07, 6.45) is 0. The molecule has 1 fully saturated rings. The number of aliphatic hydroxyl groups is 1. The molecule has 186 valence electrons. The van der Waals surface area contributed by atoms with Crippen LogP contribution in [0.15, 0.2) is 78.4 Å². The summed E-state index contributed by atoms with van der Waals surface area (Å²) in [5.41, 5.74) is 3.78. The number of aliphatic hydroxyl groups excluding tert-OH is 1. The van der Waals surface area contributed by atoms with Gasteiger partial charge in [0, 0.05) is 31.0 Å². The molecule has 36 heavy (non-hydrogen) atoms. The Bertz CT molecular complexity index is 1310. The van der Waals surface area contributed by atoms with E-state index >= 15 is 0 Å². The molecule has 1 N–H and O–H groups in total. The number of benzene rings is 3. The van der Waals surface area contributed by atoms with Gasteiger partial charge in [0.05, 0.1) is 18.2 Å². The maximum atomic E-state index is 13.4. The van der Waals surface area contributed by atoms with Crippen molar-refractivity contribution in [2.75, 3.05) is 30.5 Å². The quantitative estimate of drug-likeness (QED) is 0.264. The normalized spacial score (nSPS) is 17.1. The van der Waals surface area contributed by atoms with Crippen LogP contribution in [0.25, 0.3) is 5.76 Å². The number of rotatable bonds is 7. The molecule has 3 aromatic carbocycles. The fourth-order valence-corrected chi connectivity index (χ4v) is 4.32. The molecule has 1 aliphatic rings. The summed E-state index contributed by atoms with van der Waals surface area (Å²) in [6.45, 7) is 6.59. The van der Waals surface area contributed by atoms with Gasteiger partial charge in [0.15, 0.2) is 0 Å². The molecule has 1 atom stereocenters. The SMILES string of the molecule is Cc1cccc(C2/C(=C(/O)c3cccc(OCC(C)C)c3)C(=O)C(=O)N2c2ccc(N(C)C)cc2)c1. The second-order valence-electron chi connectivity index (χ2n) is 9.73. The Hall–Kier alpha value is -4.06. The van der Waals surface area contributed by atoms with Crippen LogP contribution in [0.5, 0.6) is 5.75 Å². The number of aryl methyl sites for hydroxylation is 1. The minimum absolute atomic E-state index is 0.0586. The Morgan fingerprint density at radius 3 is 2.33 bits per heavy atom. The van der Waals surface area contributed by atoms with Gasteiger partial charge in [0.2, 0.25) is 0 Å². The molecule has 1 amide bonds. The van der Waals surface area contributed by atoms with Crippen molar-refractivity contribution in [3.63, 3.8) is 0 Å². The highest BCUT2D eigenvalue weighted by atomic mass is 16.5. The standard InChI is InChI=1S/C30H32N2O4/c1-19(2)18-36-25-11-7-10-22(17-25)28(33)26-27(21-9-6-8-20(3)16-21)32(30(35)29(26)34)24-14-12-23(13-15-24)31(4)5/h6-17,19,27,33H,18H2,1-5H3/b28-26-. The second-order valence-corrected chi connectivity index (χ2v) is 9.73. The van der Waals surface area contributed by atoms with Gasteiger partial charge in [0.1, 0.15) is 11.5 Å². The van der Waals surface area contributed by atoms with Crippen molar-refractivity contribution in [1.82, 2.24) is 0 Å². The molecule has 1 aliphatic heterocycles. The van der Waals surface area contributed by atoms with E-state index in [1.54, 1.807) is 18.2 Å². The minimum atomic E-state index is -0.768. The van der Waals surface area contributed by atoms with Crippen LogP contribution in [0.3, 0.4) is 0 Å². The summed E-state index contributed by atoms with van der Waals surface area (Å²) in [5, 5.41) is 11.4. The average molecular weight is 485 g/mol. The van der Waals surface area contributed by atoms with E-state index in [4.69, 9.17) is 4.74 Å². The molecule has 0 spiro atoms. The van der Waals surface area contributed by atoms with Gasteiger partial charge in [-0.25, -0.2) is 0 Å². The highest BCUT2D eigenvalue weighted by molar-refractivity contribution is 6.51. The minimum Gasteiger partial charge on any atom is -0.507 e. The first-order valence-electron chi connectivity index (χ1n) is 12.1. The lowest BCUT2D eigenvalue weighted by molar-refractivity contribution is -0.132. The van der Waals surface area contributed by atoms with E-state index in [0.29, 0.717) is 29.5 Å². The van der Waals surface area contributed by atoms with Crippen LogP contribution in [-0.4, -0.2) is 37.5 Å². The topological polar surface area (TPSA) is 70.1 Å². The van der Waals surface area contributed by atoms with E-state index in [9.17, 15) is 14.7 Å². The number of anilines is 2. The number of nitrogens with zero attached hydrogens (tertiary/aromatic N) is 2. The molecule has 0 saturated carbocycles. The molecule has 1 unspecified atom stereocenters. The van der Waals surface area contributed by atoms with Gasteiger partial charge in [-0.05, 0) is 54.8 Å². The third-order valence-corrected chi connectivity index (χ3v) is 6.14. The number of hydrogen-bond donors (Lipinski definition) is 1. The number of Topliss-reactive ketones (excluding diaryl/α,β-unsaturated/α-hetero) is 1. The maximum absolute atomic E-state index is 13.4. The third kappa shape index (κ3) is 4.98. The summed E-state index contributed by atoms with van der Waals surface area (Å²) in [4.78, 5) is 30.2. The van der Waals surface area contributed by atoms with Crippen LogP contribution < -0.4 is 14.5 Å². The molecule has 6 heteroatoms. The van der Waals surface area contributed by atoms with Crippen molar-refractivity contribution in [3.05, 3.63) is 95.1 Å². The predicted octanol–water partition coefficient (Wildman–Crippen LogP) is 5.72. The molecular weight excluding hydrogens is 452 g/mol. The molecule has 0 bridgehead atoms. The lowest BCUT2D eigenvalue weighted by atomic mass is 9.94. The summed E-state index contributed by atoms with van der Waals surface area (Å²) in [7, 11) is 3.87. The summed E-state index contributed by atoms with van der Waals surface area (Å²) in [6, 6.07) is 21.3. The van der Waals surface area contributed by atoms with Crippen LogP contribution in [0.4, 0.5) is 11.4 Å². The lowest BCUT2D eigenvalue weighted by Crippen LogP contribution is -2.29. The Morgan fingerprint density at radius 1 is 1.00 bits per heavy atom. The first-order valence-corrected chi connectivity index (χ1v) is 12.1. The summed E-state index contributed by atoms with van der Waals surface area (Å²) >= 11 is 0. The second kappa shape index (κ2) is 10.3. The number of ketones is 1. The van der Waals surface area contributed by atoms with Gasteiger partial charge in [-0.15, -0.1) is 0 Å². The number of carbonyl (C=O) groups excluding carboxylic acids is 2. The number of carbonyl (C=O) groups is 2. The van der Waals surface area contributed by atoms with Crippen molar-refractivity contribution >= 4 is 28.8 Å². The monoisotopic (exact) mass is 484 g/mol. The maximum Gasteiger partial charge on any atom is 0.300 e. The van der Waals surface area contributed by atoms with Crippen LogP contribution in [0.1, 0.15) is 36.6 Å². The highest BCUT2D eigenvalue weighted by Crippen LogP contribution is 2.42. The highest BCUT2D eigenvalue weighted by Gasteiger charge is 2.47. The number of amides is 1. The summed E-state index contributed by atoms with van der Waals surface area (Å²) < 4.78 is 5.82. The zero-order valence-corrected chi connectivity index (χ0v) is 21.4. The van der Waals surface area contributed by atoms with E-state index in [1.807, 2.05) is 80.5 Å². The van der Waals surface area contributed by atoms with E-state index in [1.165, 1.54) is 4.90 Å². The van der Waals surface area contributed by atoms with Crippen molar-refractivity contribution in [1.29, 1.82) is 0 Å². The molecule has 6 nitrogen and oxygen atoms in total. The van der Waals surface area contributed by atoms with Gasteiger partial charge in [-0.2, -0.15) is 0 Å². The Balaban J connectivity index is 1.85. The average Bonchev–Trinajstić information content (AvgIpc) is 3.13. The van der Waals surface area contributed by atoms with E-state index < -0.39 is 17.7 Å². The van der Waals surface area contributed by atoms with Crippen molar-refractivity contribution < 1.29 is 19.4 Å². The summed E-state index contributed by atoms with van der Waals surface area (Å²) in [5.74, 6) is -0.680. The van der Waals surface area contributed by atoms with Crippen LogP contribution >= 0.6 is 0 Å². The lowest BCUT2D eigenvalue weighted by Gasteiger charge is -2.26. The molecular formula is C30H32N2O4. The first-order chi connectivity index (χ1) is 17.2. The molecule has 4 rings (SSSR count). The molecule has 1 heterocycles. The Kier molecular flexibility index (Phi) is 7.15. The Labute approximate surface area is 212 Å². The van der Waals surface area contributed by atoms with E-state index in [2.05, 4.69) is 13.8 Å². The number of ether oxygens (including phenoxy) is 1. The largest absolute Gasteiger partial charge is 0.507 e. The molecule has 3 aromatic rings. The first kappa shape index (κ1) is 25.0. The van der Waals surface area contributed by atoms with Gasteiger partial charge in [-0.1, -0.05) is 55.8 Å². The van der Waals surface area contributed by atoms with Crippen molar-refractivity contribution in [3.8, 4) is 5.75 Å². The van der Waals surface area contributed by atoms with Crippen LogP contribution in [0, 0.1) is 12.8 Å². The fourth-order valence-electron chi connectivity index (χ4n) is 4.32. The molecule has 0 aromatic heterocycles. The third-order valence-electron chi connectivity index (χ3n) is 6.14. The van der Waals surface area contributed by atoms with Crippen LogP contribution in [0.2, 0.25) is 0 Å². The predicted molar refractivity (Wildman–Crippen MR) is 144 cm³/mol. The molecule has 1 saturated heterocycles. The fraction of sp³-hybridized carbons (Fsp3) is 0.267. The number of hydrogen-bond acceptors (Lipinski definition) is 5. The van der Waals surface area contributed by atoms with Crippen LogP contribution in [-0.2, 0) is 9.59 Å². The van der Waals surface area contributed by atoms with Gasteiger partial charge >= 0.3 is 0 Å². The smallest absolute Gasteiger partial charge is 0.300 e. The van der Waals surface area contributed by atoms with Crippen molar-refractivity contribution in [2.45, 2.75) is 26.8 Å². The molecule has 0 radical (unpaired) electrons. The Morgan fingerprint density at radius 2 is 1.69 bits per heavy atom. The van der Waals surface area contributed by atoms with E-state index in [-0.39, 0.29) is 11.3 Å². The van der Waals surface area contributed by atoms with Crippen molar-refractivity contribution in [2.24, 2.45) is 5.92 Å². The molecule has 0 aliphatic carbocycles. The zero-order valence-electron chi connectivity index (χ0n) is 21.4.